The van der Waals surface area contributed by atoms with Gasteiger partial charge in [0.2, 0.25) is 0 Å². The third-order valence-electron chi connectivity index (χ3n) is 9.28. The molecule has 8 nitrogen and oxygen atoms in total. The third-order valence-corrected chi connectivity index (χ3v) is 9.28. The molecule has 0 saturated carbocycles. The van der Waals surface area contributed by atoms with E-state index < -0.39 is 48.1 Å². The van der Waals surface area contributed by atoms with Crippen LogP contribution in [0, 0.1) is 0 Å². The molecule has 1 heterocycles. The number of rotatable bonds is 18. The summed E-state index contributed by atoms with van der Waals surface area (Å²) in [5, 5.41) is 3.51. The van der Waals surface area contributed by atoms with Crippen LogP contribution in [0.25, 0.3) is 0 Å². The molecule has 1 aliphatic heterocycles. The second-order valence-corrected chi connectivity index (χ2v) is 14.8. The minimum atomic E-state index is -0.935. The molecular weight excluding hydrogens is 691 g/mol. The van der Waals surface area contributed by atoms with E-state index in [1.54, 1.807) is 0 Å². The summed E-state index contributed by atoms with van der Waals surface area (Å²) in [5.74, 6) is -0.448. The van der Waals surface area contributed by atoms with Crippen molar-refractivity contribution in [3.05, 3.63) is 179 Å². The largest absolute Gasteiger partial charge is 0.459 e. The highest BCUT2D eigenvalue weighted by molar-refractivity contribution is 5.77. The molecule has 0 amide bonds. The second kappa shape index (κ2) is 20.3. The minimum Gasteiger partial charge on any atom is -0.459 e. The van der Waals surface area contributed by atoms with Crippen LogP contribution in [-0.2, 0) is 66.2 Å². The predicted molar refractivity (Wildman–Crippen MR) is 213 cm³/mol. The molecule has 1 aliphatic rings. The van der Waals surface area contributed by atoms with Crippen molar-refractivity contribution in [2.75, 3.05) is 6.61 Å². The molecule has 0 aliphatic carbocycles. The molecular formula is C47H53NO7. The zero-order chi connectivity index (χ0) is 38.3. The lowest BCUT2D eigenvalue weighted by atomic mass is 9.90. The van der Waals surface area contributed by atoms with Gasteiger partial charge in [-0.05, 0) is 48.6 Å². The number of benzene rings is 5. The van der Waals surface area contributed by atoms with E-state index in [2.05, 4.69) is 5.32 Å². The smallest absolute Gasteiger partial charge is 0.326 e. The van der Waals surface area contributed by atoms with Gasteiger partial charge in [-0.25, -0.2) is 0 Å². The molecule has 0 bridgehead atoms. The lowest BCUT2D eigenvalue weighted by Crippen LogP contribution is -2.67. The second-order valence-electron chi connectivity index (χ2n) is 14.8. The molecule has 5 aromatic carbocycles. The molecule has 1 N–H and O–H groups in total. The Hall–Kier alpha value is -4.67. The van der Waals surface area contributed by atoms with E-state index in [1.807, 2.05) is 172 Å². The Morgan fingerprint density at radius 1 is 0.564 bits per heavy atom. The first-order valence-electron chi connectivity index (χ1n) is 19.1. The zero-order valence-corrected chi connectivity index (χ0v) is 32.0. The molecule has 55 heavy (non-hydrogen) atoms. The minimum absolute atomic E-state index is 0.182. The topological polar surface area (TPSA) is 84.5 Å². The number of carbonyl (C=O) groups excluding carboxylic acids is 1. The van der Waals surface area contributed by atoms with Gasteiger partial charge in [-0.3, -0.25) is 10.1 Å². The zero-order valence-electron chi connectivity index (χ0n) is 32.0. The molecule has 1 fully saturated rings. The SMILES string of the molecule is CC(C)(C)OC(=O)[C@@H](NCc1ccccc1)[C@@H]1O[C@H](COCc2ccccc2)[C@@H](OCc2ccccc2)[C@H](OCc2ccccc2)[C@H]1OCc1ccccc1. The van der Waals surface area contributed by atoms with Crippen LogP contribution in [0.15, 0.2) is 152 Å². The maximum Gasteiger partial charge on any atom is 0.326 e. The van der Waals surface area contributed by atoms with Crippen molar-refractivity contribution in [3.8, 4) is 0 Å². The lowest BCUT2D eigenvalue weighted by molar-refractivity contribution is -0.277. The molecule has 0 unspecified atom stereocenters. The summed E-state index contributed by atoms with van der Waals surface area (Å²) in [7, 11) is 0. The van der Waals surface area contributed by atoms with Crippen molar-refractivity contribution in [1.29, 1.82) is 0 Å². The van der Waals surface area contributed by atoms with Crippen molar-refractivity contribution in [3.63, 3.8) is 0 Å². The number of carbonyl (C=O) groups is 1. The fraction of sp³-hybridized carbons (Fsp3) is 0.340. The first kappa shape index (κ1) is 40.0. The summed E-state index contributed by atoms with van der Waals surface area (Å²) in [4.78, 5) is 14.4. The van der Waals surface area contributed by atoms with Crippen molar-refractivity contribution in [2.45, 2.75) is 95.9 Å². The molecule has 0 aromatic heterocycles. The van der Waals surface area contributed by atoms with E-state index in [0.717, 1.165) is 27.8 Å². The predicted octanol–water partition coefficient (Wildman–Crippen LogP) is 8.23. The number of esters is 1. The number of nitrogens with one attached hydrogen (secondary N) is 1. The standard InChI is InChI=1S/C47H53NO7/c1-47(2,3)55-46(49)41(48-29-35-19-9-4-10-20-35)43-45(53-33-39-27-17-8-18-28-39)44(52-32-38-25-15-7-16-26-38)42(51-31-37-23-13-6-14-24-37)40(54-43)34-50-30-36-21-11-5-12-22-36/h4-28,40-45,48H,29-34H2,1-3H3/t40-,41+,42-,43+,44+,45+/m1/s1. The highest BCUT2D eigenvalue weighted by Crippen LogP contribution is 2.33. The van der Waals surface area contributed by atoms with E-state index in [4.69, 9.17) is 28.4 Å². The fourth-order valence-corrected chi connectivity index (χ4v) is 6.62. The Morgan fingerprint density at radius 2 is 0.964 bits per heavy atom. The van der Waals surface area contributed by atoms with E-state index in [9.17, 15) is 4.79 Å². The van der Waals surface area contributed by atoms with Crippen molar-refractivity contribution < 1.29 is 33.2 Å². The summed E-state index contributed by atoms with van der Waals surface area (Å²) in [5.41, 5.74) is 4.28. The van der Waals surface area contributed by atoms with Crippen LogP contribution in [0.3, 0.4) is 0 Å². The van der Waals surface area contributed by atoms with Gasteiger partial charge in [-0.15, -0.1) is 0 Å². The van der Waals surface area contributed by atoms with Crippen molar-refractivity contribution in [2.24, 2.45) is 0 Å². The summed E-state index contributed by atoms with van der Waals surface area (Å²) in [6.45, 7) is 7.42. The van der Waals surface area contributed by atoms with Crippen LogP contribution >= 0.6 is 0 Å². The summed E-state index contributed by atoms with van der Waals surface area (Å²) < 4.78 is 40.2. The van der Waals surface area contributed by atoms with Crippen molar-refractivity contribution in [1.82, 2.24) is 5.32 Å². The normalized spacial score (nSPS) is 20.5. The Bertz CT molecular complexity index is 1820. The van der Waals surface area contributed by atoms with Gasteiger partial charge in [-0.1, -0.05) is 152 Å². The van der Waals surface area contributed by atoms with Gasteiger partial charge in [0.15, 0.2) is 0 Å². The van der Waals surface area contributed by atoms with Gasteiger partial charge >= 0.3 is 5.97 Å². The van der Waals surface area contributed by atoms with Crippen molar-refractivity contribution >= 4 is 5.97 Å². The van der Waals surface area contributed by atoms with Crippen LogP contribution in [0.2, 0.25) is 0 Å². The Balaban J connectivity index is 1.39. The van der Waals surface area contributed by atoms with E-state index in [1.165, 1.54) is 0 Å². The molecule has 6 rings (SSSR count). The molecule has 6 atom stereocenters. The number of hydrogen-bond acceptors (Lipinski definition) is 8. The maximum atomic E-state index is 14.4. The highest BCUT2D eigenvalue weighted by atomic mass is 16.6. The molecule has 5 aromatic rings. The number of hydrogen-bond donors (Lipinski definition) is 1. The first-order valence-corrected chi connectivity index (χ1v) is 19.1. The van der Waals surface area contributed by atoms with Gasteiger partial charge < -0.3 is 28.4 Å². The Morgan fingerprint density at radius 3 is 1.42 bits per heavy atom. The molecule has 8 heteroatoms. The van der Waals surface area contributed by atoms with Crippen LogP contribution < -0.4 is 5.32 Å². The monoisotopic (exact) mass is 743 g/mol. The molecule has 0 radical (unpaired) electrons. The maximum absolute atomic E-state index is 14.4. The van der Waals surface area contributed by atoms with Gasteiger partial charge in [-0.2, -0.15) is 0 Å². The van der Waals surface area contributed by atoms with Crippen LogP contribution in [0.4, 0.5) is 0 Å². The Labute approximate surface area is 325 Å². The van der Waals surface area contributed by atoms with Gasteiger partial charge in [0.25, 0.3) is 0 Å². The molecule has 0 spiro atoms. The average molecular weight is 744 g/mol. The Kier molecular flexibility index (Phi) is 14.8. The summed E-state index contributed by atoms with van der Waals surface area (Å²) in [6.07, 6.45) is -3.58. The van der Waals surface area contributed by atoms with Gasteiger partial charge in [0.05, 0.1) is 33.0 Å². The average Bonchev–Trinajstić information content (AvgIpc) is 3.20. The quantitative estimate of drug-likeness (QED) is 0.0900. The lowest BCUT2D eigenvalue weighted by Gasteiger charge is -2.48. The molecule has 1 saturated heterocycles. The summed E-state index contributed by atoms with van der Waals surface area (Å²) >= 11 is 0. The van der Waals surface area contributed by atoms with E-state index >= 15 is 0 Å². The fourth-order valence-electron chi connectivity index (χ4n) is 6.62. The van der Waals surface area contributed by atoms with Crippen LogP contribution in [0.1, 0.15) is 48.6 Å². The third kappa shape index (κ3) is 12.4. The van der Waals surface area contributed by atoms with Gasteiger partial charge in [0.1, 0.15) is 42.2 Å². The molecule has 288 valence electrons. The van der Waals surface area contributed by atoms with Crippen LogP contribution in [0.5, 0.6) is 0 Å². The first-order chi connectivity index (χ1) is 26.8. The highest BCUT2D eigenvalue weighted by Gasteiger charge is 2.53. The van der Waals surface area contributed by atoms with E-state index in [-0.39, 0.29) is 13.2 Å². The number of ether oxygens (including phenoxy) is 6. The van der Waals surface area contributed by atoms with E-state index in [0.29, 0.717) is 26.4 Å². The van der Waals surface area contributed by atoms with Crippen LogP contribution in [-0.4, -0.2) is 54.7 Å². The van der Waals surface area contributed by atoms with Gasteiger partial charge in [0, 0.05) is 6.54 Å². The summed E-state index contributed by atoms with van der Waals surface area (Å²) in [6, 6.07) is 49.0.